The van der Waals surface area contributed by atoms with Gasteiger partial charge in [0, 0.05) is 12.6 Å². The molecule has 26 heavy (non-hydrogen) atoms. The smallest absolute Gasteiger partial charge is 0.343 e. The fourth-order valence-electron chi connectivity index (χ4n) is 2.16. The summed E-state index contributed by atoms with van der Waals surface area (Å²) in [5.41, 5.74) is 0.197. The van der Waals surface area contributed by atoms with Crippen LogP contribution in [0.4, 0.5) is 4.79 Å². The molecule has 8 heteroatoms. The third-order valence-corrected chi connectivity index (χ3v) is 3.47. The summed E-state index contributed by atoms with van der Waals surface area (Å²) in [5, 5.41) is 14.4. The van der Waals surface area contributed by atoms with E-state index in [0.717, 1.165) is 0 Å². The molecule has 0 saturated carbocycles. The highest BCUT2D eigenvalue weighted by Gasteiger charge is 2.28. The zero-order chi connectivity index (χ0) is 19.1. The quantitative estimate of drug-likeness (QED) is 0.702. The number of esters is 1. The number of para-hydroxylation sites is 1. The van der Waals surface area contributed by atoms with Crippen LogP contribution in [0.2, 0.25) is 0 Å². The molecule has 2 aromatic carbocycles. The number of rotatable bonds is 5. The van der Waals surface area contributed by atoms with Gasteiger partial charge in [-0.15, -0.1) is 0 Å². The van der Waals surface area contributed by atoms with Gasteiger partial charge >= 0.3 is 12.0 Å². The third kappa shape index (κ3) is 4.29. The molecule has 136 valence electrons. The SMILES string of the molecule is CNC(=O)NC(=O)C(OC(=O)c1cccc(OC)c1O)c1ccccc1. The molecule has 2 aromatic rings. The number of imide groups is 1. The number of nitrogens with one attached hydrogen (secondary N) is 2. The lowest BCUT2D eigenvalue weighted by atomic mass is 10.1. The summed E-state index contributed by atoms with van der Waals surface area (Å²) < 4.78 is 10.2. The van der Waals surface area contributed by atoms with Gasteiger partial charge in [-0.3, -0.25) is 10.1 Å². The Balaban J connectivity index is 2.31. The molecular weight excluding hydrogens is 340 g/mol. The van der Waals surface area contributed by atoms with E-state index in [1.807, 2.05) is 0 Å². The lowest BCUT2D eigenvalue weighted by molar-refractivity contribution is -0.129. The standard InChI is InChI=1S/C18H18N2O6/c1-19-18(24)20-16(22)15(11-7-4-3-5-8-11)26-17(23)12-9-6-10-13(25-2)14(12)21/h3-10,15,21H,1-2H3,(H2,19,20,22,24). The van der Waals surface area contributed by atoms with Gasteiger partial charge in [-0.25, -0.2) is 9.59 Å². The Hall–Kier alpha value is -3.55. The van der Waals surface area contributed by atoms with Crippen LogP contribution in [0.25, 0.3) is 0 Å². The van der Waals surface area contributed by atoms with E-state index in [9.17, 15) is 19.5 Å². The fourth-order valence-corrected chi connectivity index (χ4v) is 2.16. The van der Waals surface area contributed by atoms with Crippen molar-refractivity contribution in [3.05, 3.63) is 59.7 Å². The van der Waals surface area contributed by atoms with Gasteiger partial charge in [0.1, 0.15) is 5.56 Å². The zero-order valence-corrected chi connectivity index (χ0v) is 14.2. The average molecular weight is 358 g/mol. The molecule has 2 rings (SSSR count). The molecule has 0 fully saturated rings. The van der Waals surface area contributed by atoms with Crippen LogP contribution in [0.1, 0.15) is 22.0 Å². The normalized spacial score (nSPS) is 11.2. The molecule has 8 nitrogen and oxygen atoms in total. The predicted octanol–water partition coefficient (Wildman–Crippen LogP) is 1.75. The minimum atomic E-state index is -1.38. The molecule has 3 N–H and O–H groups in total. The molecule has 0 radical (unpaired) electrons. The largest absolute Gasteiger partial charge is 0.504 e. The number of phenols is 1. The van der Waals surface area contributed by atoms with E-state index in [4.69, 9.17) is 9.47 Å². The molecule has 3 amide bonds. The molecule has 0 saturated heterocycles. The van der Waals surface area contributed by atoms with Gasteiger partial charge in [0.15, 0.2) is 11.5 Å². The molecule has 0 heterocycles. The average Bonchev–Trinajstić information content (AvgIpc) is 2.66. The van der Waals surface area contributed by atoms with Crippen molar-refractivity contribution in [2.75, 3.05) is 14.2 Å². The summed E-state index contributed by atoms with van der Waals surface area (Å²) in [5.74, 6) is -2.09. The molecule has 0 bridgehead atoms. The second-order valence-electron chi connectivity index (χ2n) is 5.12. The second-order valence-corrected chi connectivity index (χ2v) is 5.12. The number of urea groups is 1. The van der Waals surface area contributed by atoms with Crippen LogP contribution >= 0.6 is 0 Å². The first-order chi connectivity index (χ1) is 12.5. The summed E-state index contributed by atoms with van der Waals surface area (Å²) in [7, 11) is 2.69. The Morgan fingerprint density at radius 1 is 1.04 bits per heavy atom. The number of benzene rings is 2. The summed E-state index contributed by atoms with van der Waals surface area (Å²) in [6, 6.07) is 11.8. The molecule has 1 unspecified atom stereocenters. The van der Waals surface area contributed by atoms with Gasteiger partial charge in [-0.2, -0.15) is 0 Å². The molecule has 0 aliphatic rings. The highest BCUT2D eigenvalue weighted by atomic mass is 16.5. The van der Waals surface area contributed by atoms with Gasteiger partial charge in [-0.1, -0.05) is 36.4 Å². The number of carbonyl (C=O) groups excluding carboxylic acids is 3. The van der Waals surface area contributed by atoms with Crippen LogP contribution in [0.3, 0.4) is 0 Å². The van der Waals surface area contributed by atoms with Crippen LogP contribution in [0.15, 0.2) is 48.5 Å². The number of carbonyl (C=O) groups is 3. The Labute approximate surface area is 149 Å². The molecule has 0 aliphatic carbocycles. The zero-order valence-electron chi connectivity index (χ0n) is 14.2. The third-order valence-electron chi connectivity index (χ3n) is 3.47. The summed E-state index contributed by atoms with van der Waals surface area (Å²) in [6.07, 6.45) is -1.38. The Morgan fingerprint density at radius 3 is 2.35 bits per heavy atom. The Kier molecular flexibility index (Phi) is 6.15. The predicted molar refractivity (Wildman–Crippen MR) is 91.9 cm³/mol. The van der Waals surface area contributed by atoms with Crippen LogP contribution in [-0.2, 0) is 9.53 Å². The van der Waals surface area contributed by atoms with Crippen molar-refractivity contribution >= 4 is 17.9 Å². The fraction of sp³-hybridized carbons (Fsp3) is 0.167. The van der Waals surface area contributed by atoms with E-state index < -0.39 is 29.8 Å². The highest BCUT2D eigenvalue weighted by molar-refractivity contribution is 6.00. The molecular formula is C18H18N2O6. The van der Waals surface area contributed by atoms with Crippen LogP contribution in [0.5, 0.6) is 11.5 Å². The van der Waals surface area contributed by atoms with Crippen molar-refractivity contribution < 1.29 is 29.0 Å². The first kappa shape index (κ1) is 18.8. The number of hydrogen-bond acceptors (Lipinski definition) is 6. The van der Waals surface area contributed by atoms with Crippen molar-refractivity contribution in [3.8, 4) is 11.5 Å². The number of phenolic OH excluding ortho intramolecular Hbond substituents is 1. The lowest BCUT2D eigenvalue weighted by Gasteiger charge is -2.18. The van der Waals surface area contributed by atoms with E-state index >= 15 is 0 Å². The van der Waals surface area contributed by atoms with Crippen molar-refractivity contribution in [2.24, 2.45) is 0 Å². The molecule has 0 aromatic heterocycles. The van der Waals surface area contributed by atoms with E-state index in [2.05, 4.69) is 10.6 Å². The maximum Gasteiger partial charge on any atom is 0.343 e. The van der Waals surface area contributed by atoms with E-state index in [-0.39, 0.29) is 11.3 Å². The van der Waals surface area contributed by atoms with Gasteiger partial charge in [-0.05, 0) is 12.1 Å². The minimum absolute atomic E-state index is 0.0884. The molecule has 0 spiro atoms. The minimum Gasteiger partial charge on any atom is -0.504 e. The van der Waals surface area contributed by atoms with Crippen molar-refractivity contribution in [1.82, 2.24) is 10.6 Å². The number of methoxy groups -OCH3 is 1. The van der Waals surface area contributed by atoms with Crippen molar-refractivity contribution in [2.45, 2.75) is 6.10 Å². The lowest BCUT2D eigenvalue weighted by Crippen LogP contribution is -2.41. The van der Waals surface area contributed by atoms with Crippen LogP contribution in [-0.4, -0.2) is 37.2 Å². The molecule has 1 atom stereocenters. The van der Waals surface area contributed by atoms with Crippen LogP contribution < -0.4 is 15.4 Å². The van der Waals surface area contributed by atoms with Gasteiger partial charge in [0.2, 0.25) is 6.10 Å². The summed E-state index contributed by atoms with van der Waals surface area (Å²) >= 11 is 0. The molecule has 0 aliphatic heterocycles. The van der Waals surface area contributed by atoms with Gasteiger partial charge in [0.05, 0.1) is 7.11 Å². The van der Waals surface area contributed by atoms with Crippen molar-refractivity contribution in [1.29, 1.82) is 0 Å². The first-order valence-electron chi connectivity index (χ1n) is 7.62. The Morgan fingerprint density at radius 2 is 1.73 bits per heavy atom. The maximum absolute atomic E-state index is 12.5. The number of hydrogen-bond donors (Lipinski definition) is 3. The summed E-state index contributed by atoms with van der Waals surface area (Å²) in [4.78, 5) is 36.2. The van der Waals surface area contributed by atoms with Crippen LogP contribution in [0, 0.1) is 0 Å². The number of ether oxygens (including phenoxy) is 2. The number of aromatic hydroxyl groups is 1. The van der Waals surface area contributed by atoms with E-state index in [0.29, 0.717) is 5.56 Å². The van der Waals surface area contributed by atoms with E-state index in [1.165, 1.54) is 32.4 Å². The Bertz CT molecular complexity index is 807. The summed E-state index contributed by atoms with van der Waals surface area (Å²) in [6.45, 7) is 0. The highest BCUT2D eigenvalue weighted by Crippen LogP contribution is 2.31. The van der Waals surface area contributed by atoms with Gasteiger partial charge < -0.3 is 19.9 Å². The monoisotopic (exact) mass is 358 g/mol. The maximum atomic E-state index is 12.5. The topological polar surface area (TPSA) is 114 Å². The second kappa shape index (κ2) is 8.52. The van der Waals surface area contributed by atoms with Crippen molar-refractivity contribution in [3.63, 3.8) is 0 Å². The number of amides is 3. The first-order valence-corrected chi connectivity index (χ1v) is 7.62. The van der Waals surface area contributed by atoms with E-state index in [1.54, 1.807) is 30.3 Å². The van der Waals surface area contributed by atoms with Gasteiger partial charge in [0.25, 0.3) is 5.91 Å².